The van der Waals surface area contributed by atoms with Gasteiger partial charge in [0.2, 0.25) is 0 Å². The highest BCUT2D eigenvalue weighted by molar-refractivity contribution is 4.87. The Morgan fingerprint density at radius 3 is 2.71 bits per heavy atom. The van der Waals surface area contributed by atoms with Crippen LogP contribution < -0.4 is 5.32 Å². The summed E-state index contributed by atoms with van der Waals surface area (Å²) < 4.78 is 6.04. The summed E-state index contributed by atoms with van der Waals surface area (Å²) in [5.41, 5.74) is 0.0159. The second-order valence-electron chi connectivity index (χ2n) is 6.46. The lowest BCUT2D eigenvalue weighted by Crippen LogP contribution is -2.46. The lowest BCUT2D eigenvalue weighted by atomic mass is 9.97. The molecule has 100 valence electrons. The van der Waals surface area contributed by atoms with Crippen molar-refractivity contribution >= 4 is 0 Å². The Kier molecular flexibility index (Phi) is 4.11. The Morgan fingerprint density at radius 1 is 1.35 bits per heavy atom. The van der Waals surface area contributed by atoms with Gasteiger partial charge in [-0.3, -0.25) is 10.2 Å². The van der Waals surface area contributed by atoms with Crippen LogP contribution in [0.3, 0.4) is 0 Å². The average Bonchev–Trinajstić information content (AvgIpc) is 2.58. The van der Waals surface area contributed by atoms with Gasteiger partial charge in [-0.1, -0.05) is 6.42 Å². The van der Waals surface area contributed by atoms with E-state index in [1.807, 2.05) is 0 Å². The van der Waals surface area contributed by atoms with E-state index in [1.54, 1.807) is 0 Å². The van der Waals surface area contributed by atoms with Crippen LogP contribution in [0.1, 0.15) is 53.4 Å². The number of hydrogen-bond donors (Lipinski definition) is 1. The molecule has 0 aromatic heterocycles. The number of nitrogens with one attached hydrogen (secondary N) is 1. The van der Waals surface area contributed by atoms with Gasteiger partial charge in [-0.15, -0.1) is 0 Å². The van der Waals surface area contributed by atoms with Gasteiger partial charge in [0.25, 0.3) is 0 Å². The third-order valence-electron chi connectivity index (χ3n) is 4.04. The van der Waals surface area contributed by atoms with E-state index >= 15 is 0 Å². The summed E-state index contributed by atoms with van der Waals surface area (Å²) in [7, 11) is 0. The molecule has 2 aliphatic heterocycles. The molecule has 0 aromatic carbocycles. The van der Waals surface area contributed by atoms with Gasteiger partial charge >= 0.3 is 0 Å². The lowest BCUT2D eigenvalue weighted by molar-refractivity contribution is -0.0360. The van der Waals surface area contributed by atoms with E-state index < -0.39 is 0 Å². The van der Waals surface area contributed by atoms with Crippen LogP contribution in [0, 0.1) is 0 Å². The largest absolute Gasteiger partial charge is 0.356 e. The van der Waals surface area contributed by atoms with Crippen LogP contribution in [0.25, 0.3) is 0 Å². The second-order valence-corrected chi connectivity index (χ2v) is 6.46. The van der Waals surface area contributed by atoms with Crippen molar-refractivity contribution in [3.05, 3.63) is 0 Å². The summed E-state index contributed by atoms with van der Waals surface area (Å²) in [6, 6.07) is 1.37. The van der Waals surface area contributed by atoms with Crippen molar-refractivity contribution in [2.24, 2.45) is 0 Å². The van der Waals surface area contributed by atoms with Crippen molar-refractivity contribution in [2.75, 3.05) is 13.1 Å². The zero-order valence-electron chi connectivity index (χ0n) is 11.8. The Morgan fingerprint density at radius 2 is 2.12 bits per heavy atom. The van der Waals surface area contributed by atoms with Crippen molar-refractivity contribution in [1.29, 1.82) is 0 Å². The van der Waals surface area contributed by atoms with E-state index in [-0.39, 0.29) is 11.8 Å². The summed E-state index contributed by atoms with van der Waals surface area (Å²) in [4.78, 5) is 2.65. The Bertz CT molecular complexity index is 253. The van der Waals surface area contributed by atoms with Crippen LogP contribution in [0.5, 0.6) is 0 Å². The normalized spacial score (nSPS) is 34.4. The summed E-state index contributed by atoms with van der Waals surface area (Å²) >= 11 is 0. The second kappa shape index (κ2) is 5.25. The van der Waals surface area contributed by atoms with Gasteiger partial charge < -0.3 is 4.74 Å². The van der Waals surface area contributed by atoms with Gasteiger partial charge in [0.15, 0.2) is 0 Å². The van der Waals surface area contributed by atoms with E-state index in [4.69, 9.17) is 4.74 Å². The molecule has 3 nitrogen and oxygen atoms in total. The van der Waals surface area contributed by atoms with Crippen molar-refractivity contribution in [3.63, 3.8) is 0 Å². The van der Waals surface area contributed by atoms with Crippen molar-refractivity contribution in [1.82, 2.24) is 10.2 Å². The maximum absolute atomic E-state index is 6.04. The number of piperidine rings is 1. The number of ether oxygens (including phenoxy) is 1. The summed E-state index contributed by atoms with van der Waals surface area (Å²) in [5.74, 6) is 0. The van der Waals surface area contributed by atoms with Gasteiger partial charge in [-0.25, -0.2) is 0 Å². The summed E-state index contributed by atoms with van der Waals surface area (Å²) in [5, 5.41) is 3.50. The van der Waals surface area contributed by atoms with E-state index in [2.05, 4.69) is 37.9 Å². The standard InChI is InChI=1S/C14H28N2O/c1-11(2)16-8-6-5-7-12(16)9-13-15-10-14(3,4)17-13/h11-13,15H,5-10H2,1-4H3. The minimum Gasteiger partial charge on any atom is -0.356 e. The van der Waals surface area contributed by atoms with Crippen LogP contribution in [-0.4, -0.2) is 41.9 Å². The molecule has 17 heavy (non-hydrogen) atoms. The highest BCUT2D eigenvalue weighted by Gasteiger charge is 2.34. The van der Waals surface area contributed by atoms with Gasteiger partial charge in [0.05, 0.1) is 5.60 Å². The summed E-state index contributed by atoms with van der Waals surface area (Å²) in [6.45, 7) is 11.2. The van der Waals surface area contributed by atoms with Crippen molar-refractivity contribution in [3.8, 4) is 0 Å². The van der Waals surface area contributed by atoms with Gasteiger partial charge in [-0.2, -0.15) is 0 Å². The molecule has 2 fully saturated rings. The molecule has 2 saturated heterocycles. The van der Waals surface area contributed by atoms with Crippen molar-refractivity contribution in [2.45, 2.75) is 77.3 Å². The number of rotatable bonds is 3. The number of nitrogens with zero attached hydrogens (tertiary/aromatic N) is 1. The fourth-order valence-electron chi connectivity index (χ4n) is 3.16. The third-order valence-corrected chi connectivity index (χ3v) is 4.04. The fourth-order valence-corrected chi connectivity index (χ4v) is 3.16. The molecule has 2 atom stereocenters. The van der Waals surface area contributed by atoms with Crippen LogP contribution in [0.2, 0.25) is 0 Å². The molecule has 0 radical (unpaired) electrons. The first-order valence-corrected chi connectivity index (χ1v) is 7.15. The van der Waals surface area contributed by atoms with Crippen LogP contribution in [-0.2, 0) is 4.74 Å². The quantitative estimate of drug-likeness (QED) is 0.819. The Balaban J connectivity index is 1.88. The number of likely N-dealkylation sites (tertiary alicyclic amines) is 1. The van der Waals surface area contributed by atoms with E-state index in [0.717, 1.165) is 13.0 Å². The van der Waals surface area contributed by atoms with Crippen LogP contribution >= 0.6 is 0 Å². The topological polar surface area (TPSA) is 24.5 Å². The zero-order chi connectivity index (χ0) is 12.5. The first-order chi connectivity index (χ1) is 7.98. The molecule has 0 aromatic rings. The van der Waals surface area contributed by atoms with Crippen LogP contribution in [0.4, 0.5) is 0 Å². The highest BCUT2D eigenvalue weighted by Crippen LogP contribution is 2.26. The van der Waals surface area contributed by atoms with Gasteiger partial charge in [-0.05, 0) is 47.1 Å². The average molecular weight is 240 g/mol. The molecule has 0 aliphatic carbocycles. The maximum atomic E-state index is 6.04. The highest BCUT2D eigenvalue weighted by atomic mass is 16.5. The molecule has 3 heteroatoms. The maximum Gasteiger partial charge on any atom is 0.110 e. The van der Waals surface area contributed by atoms with Gasteiger partial charge in [0, 0.05) is 25.0 Å². The van der Waals surface area contributed by atoms with E-state index in [1.165, 1.54) is 25.8 Å². The molecule has 0 saturated carbocycles. The minimum atomic E-state index is 0.0159. The van der Waals surface area contributed by atoms with E-state index in [9.17, 15) is 0 Å². The Labute approximate surface area is 106 Å². The number of hydrogen-bond acceptors (Lipinski definition) is 3. The zero-order valence-corrected chi connectivity index (χ0v) is 11.8. The first-order valence-electron chi connectivity index (χ1n) is 7.15. The molecule has 2 unspecified atom stereocenters. The molecular weight excluding hydrogens is 212 g/mol. The molecule has 2 aliphatic rings. The molecular formula is C14H28N2O. The van der Waals surface area contributed by atoms with Gasteiger partial charge in [0.1, 0.15) is 6.23 Å². The van der Waals surface area contributed by atoms with Crippen LogP contribution in [0.15, 0.2) is 0 Å². The summed E-state index contributed by atoms with van der Waals surface area (Å²) in [6.07, 6.45) is 5.47. The lowest BCUT2D eigenvalue weighted by Gasteiger charge is -2.39. The molecule has 0 bridgehead atoms. The van der Waals surface area contributed by atoms with E-state index in [0.29, 0.717) is 12.1 Å². The molecule has 1 N–H and O–H groups in total. The molecule has 2 rings (SSSR count). The smallest absolute Gasteiger partial charge is 0.110 e. The SMILES string of the molecule is CC(C)N1CCCCC1CC1NCC(C)(C)O1. The monoisotopic (exact) mass is 240 g/mol. The molecule has 2 heterocycles. The van der Waals surface area contributed by atoms with Crippen molar-refractivity contribution < 1.29 is 4.74 Å². The Hall–Kier alpha value is -0.120. The first kappa shape index (κ1) is 13.3. The molecule has 0 spiro atoms. The predicted octanol–water partition coefficient (Wildman–Crippen LogP) is 2.36. The third kappa shape index (κ3) is 3.43. The minimum absolute atomic E-state index is 0.0159. The molecule has 0 amide bonds. The fraction of sp³-hybridized carbons (Fsp3) is 1.00. The predicted molar refractivity (Wildman–Crippen MR) is 71.1 cm³/mol.